The van der Waals surface area contributed by atoms with Crippen molar-refractivity contribution in [3.8, 4) is 23.3 Å². The third-order valence-electron chi connectivity index (χ3n) is 5.99. The molecule has 2 N–H and O–H groups in total. The van der Waals surface area contributed by atoms with E-state index < -0.39 is 11.9 Å². The highest BCUT2D eigenvalue weighted by atomic mass is 79.9. The van der Waals surface area contributed by atoms with Crippen molar-refractivity contribution in [3.05, 3.63) is 98.0 Å². The second kappa shape index (κ2) is 9.26. The van der Waals surface area contributed by atoms with Crippen LogP contribution < -0.4 is 19.9 Å². The number of ether oxygens (including phenoxy) is 3. The number of aryl methyl sites for hydroxylation is 1. The molecule has 0 bridgehead atoms. The van der Waals surface area contributed by atoms with Crippen LogP contribution in [-0.2, 0) is 0 Å². The van der Waals surface area contributed by atoms with Crippen LogP contribution in [0.25, 0.3) is 11.0 Å². The molecule has 0 saturated heterocycles. The molecule has 2 heterocycles. The van der Waals surface area contributed by atoms with Gasteiger partial charge in [0.15, 0.2) is 0 Å². The van der Waals surface area contributed by atoms with E-state index in [-0.39, 0.29) is 23.0 Å². The van der Waals surface area contributed by atoms with Crippen molar-refractivity contribution in [2.75, 3.05) is 7.11 Å². The predicted octanol–water partition coefficient (Wildman–Crippen LogP) is 6.60. The van der Waals surface area contributed by atoms with E-state index in [1.54, 1.807) is 56.5 Å². The van der Waals surface area contributed by atoms with E-state index in [9.17, 15) is 10.1 Å². The van der Waals surface area contributed by atoms with Gasteiger partial charge in [-0.2, -0.15) is 5.26 Å². The SMILES string of the molecule is COc1ccc(Br)cc1C1C(C#N)=C(N)Oc2cc(OC(=O)c3oc4ccc(Cl)cc4c3C)ccc21. The summed E-state index contributed by atoms with van der Waals surface area (Å²) in [5.74, 6) is 0.00832. The van der Waals surface area contributed by atoms with Crippen molar-refractivity contribution in [3.63, 3.8) is 0 Å². The molecule has 36 heavy (non-hydrogen) atoms. The average Bonchev–Trinajstić information content (AvgIpc) is 3.18. The summed E-state index contributed by atoms with van der Waals surface area (Å²) < 4.78 is 23.4. The largest absolute Gasteiger partial charge is 0.496 e. The van der Waals surface area contributed by atoms with Gasteiger partial charge in [-0.05, 0) is 49.4 Å². The minimum absolute atomic E-state index is 0.0366. The number of hydrogen-bond donors (Lipinski definition) is 1. The Morgan fingerprint density at radius 1 is 1.14 bits per heavy atom. The summed E-state index contributed by atoms with van der Waals surface area (Å²) in [6.45, 7) is 1.76. The molecule has 1 aromatic heterocycles. The van der Waals surface area contributed by atoms with Crippen molar-refractivity contribution in [1.29, 1.82) is 5.26 Å². The van der Waals surface area contributed by atoms with Gasteiger partial charge in [-0.1, -0.05) is 33.6 Å². The maximum atomic E-state index is 12.9. The van der Waals surface area contributed by atoms with Crippen LogP contribution in [0.1, 0.15) is 33.2 Å². The summed E-state index contributed by atoms with van der Waals surface area (Å²) in [6, 6.07) is 17.7. The topological polar surface area (TPSA) is 108 Å². The predicted molar refractivity (Wildman–Crippen MR) is 137 cm³/mol. The number of carbonyl (C=O) groups excluding carboxylic acids is 1. The summed E-state index contributed by atoms with van der Waals surface area (Å²) in [7, 11) is 1.56. The van der Waals surface area contributed by atoms with Crippen LogP contribution in [0.4, 0.5) is 0 Å². The molecule has 0 amide bonds. The molecule has 0 saturated carbocycles. The smallest absolute Gasteiger partial charge is 0.379 e. The highest BCUT2D eigenvalue weighted by Gasteiger charge is 2.33. The van der Waals surface area contributed by atoms with E-state index >= 15 is 0 Å². The van der Waals surface area contributed by atoms with Gasteiger partial charge < -0.3 is 24.4 Å². The van der Waals surface area contributed by atoms with Crippen LogP contribution in [0.15, 0.2) is 74.9 Å². The molecule has 1 unspecified atom stereocenters. The highest BCUT2D eigenvalue weighted by molar-refractivity contribution is 9.10. The second-order valence-corrected chi connectivity index (χ2v) is 9.45. The average molecular weight is 566 g/mol. The minimum Gasteiger partial charge on any atom is -0.496 e. The van der Waals surface area contributed by atoms with Gasteiger partial charge >= 0.3 is 5.97 Å². The van der Waals surface area contributed by atoms with Crippen LogP contribution in [0.2, 0.25) is 5.02 Å². The van der Waals surface area contributed by atoms with Gasteiger partial charge in [0.2, 0.25) is 11.6 Å². The van der Waals surface area contributed by atoms with Gasteiger partial charge in [-0.3, -0.25) is 0 Å². The molecule has 4 aromatic rings. The molecule has 1 atom stereocenters. The minimum atomic E-state index is -0.665. The Balaban J connectivity index is 1.52. The number of esters is 1. The van der Waals surface area contributed by atoms with Gasteiger partial charge in [0.1, 0.15) is 34.5 Å². The number of hydrogen-bond acceptors (Lipinski definition) is 7. The Kier molecular flexibility index (Phi) is 6.12. The monoisotopic (exact) mass is 564 g/mol. The molecule has 3 aromatic carbocycles. The third-order valence-corrected chi connectivity index (χ3v) is 6.72. The van der Waals surface area contributed by atoms with Crippen molar-refractivity contribution in [2.24, 2.45) is 5.73 Å². The number of halogens is 2. The van der Waals surface area contributed by atoms with Crippen LogP contribution in [0.3, 0.4) is 0 Å². The number of fused-ring (bicyclic) bond motifs is 2. The second-order valence-electron chi connectivity index (χ2n) is 8.10. The maximum absolute atomic E-state index is 12.9. The Labute approximate surface area is 219 Å². The highest BCUT2D eigenvalue weighted by Crippen LogP contribution is 2.46. The van der Waals surface area contributed by atoms with Crippen molar-refractivity contribution in [2.45, 2.75) is 12.8 Å². The molecular formula is C27H18BrClN2O5. The molecule has 7 nitrogen and oxygen atoms in total. The molecule has 5 rings (SSSR count). The van der Waals surface area contributed by atoms with E-state index in [1.807, 2.05) is 12.1 Å². The van der Waals surface area contributed by atoms with Crippen LogP contribution in [0.5, 0.6) is 17.2 Å². The zero-order chi connectivity index (χ0) is 25.6. The van der Waals surface area contributed by atoms with Crippen molar-refractivity contribution >= 4 is 44.5 Å². The summed E-state index contributed by atoms with van der Waals surface area (Å²) in [4.78, 5) is 12.9. The number of rotatable bonds is 4. The van der Waals surface area contributed by atoms with Gasteiger partial charge in [-0.25, -0.2) is 4.79 Å². The first kappa shape index (κ1) is 23.8. The molecule has 1 aliphatic heterocycles. The van der Waals surface area contributed by atoms with Crippen molar-refractivity contribution < 1.29 is 23.4 Å². The molecule has 180 valence electrons. The summed E-state index contributed by atoms with van der Waals surface area (Å²) in [5.41, 5.74) is 8.94. The number of carbonyl (C=O) groups is 1. The fourth-order valence-electron chi connectivity index (χ4n) is 4.29. The summed E-state index contributed by atoms with van der Waals surface area (Å²) in [6.07, 6.45) is 0. The quantitative estimate of drug-likeness (QED) is 0.219. The van der Waals surface area contributed by atoms with E-state index in [1.165, 1.54) is 0 Å². The molecule has 0 radical (unpaired) electrons. The first-order chi connectivity index (χ1) is 17.3. The lowest BCUT2D eigenvalue weighted by Crippen LogP contribution is -2.21. The number of nitrogens with two attached hydrogens (primary N) is 1. The standard InChI is InChI=1S/C27H18BrClN2O5/c1-13-18-10-15(29)4-8-22(18)35-25(13)27(32)34-16-5-6-17-23(11-16)36-26(31)20(12-30)24(17)19-9-14(28)3-7-21(19)33-2/h3-11,24H,31H2,1-2H3. The van der Waals surface area contributed by atoms with E-state index in [2.05, 4.69) is 22.0 Å². The molecule has 0 fully saturated rings. The maximum Gasteiger partial charge on any atom is 0.379 e. The lowest BCUT2D eigenvalue weighted by Gasteiger charge is -2.27. The molecular weight excluding hydrogens is 548 g/mol. The zero-order valence-electron chi connectivity index (χ0n) is 19.1. The summed E-state index contributed by atoms with van der Waals surface area (Å²) in [5, 5.41) is 11.1. The Bertz CT molecular complexity index is 1620. The first-order valence-corrected chi connectivity index (χ1v) is 11.9. The van der Waals surface area contributed by atoms with E-state index in [0.717, 1.165) is 15.4 Å². The normalized spacial score (nSPS) is 14.7. The van der Waals surface area contributed by atoms with Crippen molar-refractivity contribution in [1.82, 2.24) is 0 Å². The number of furan rings is 1. The van der Waals surface area contributed by atoms with Gasteiger partial charge in [0.05, 0.1) is 13.0 Å². The Morgan fingerprint density at radius 3 is 2.69 bits per heavy atom. The number of methoxy groups -OCH3 is 1. The van der Waals surface area contributed by atoms with Gasteiger partial charge in [0, 0.05) is 37.6 Å². The number of allylic oxidation sites excluding steroid dienone is 1. The lowest BCUT2D eigenvalue weighted by molar-refractivity contribution is 0.0702. The van der Waals surface area contributed by atoms with Crippen LogP contribution in [-0.4, -0.2) is 13.1 Å². The fourth-order valence-corrected chi connectivity index (χ4v) is 4.84. The zero-order valence-corrected chi connectivity index (χ0v) is 21.4. The fraction of sp³-hybridized carbons (Fsp3) is 0.111. The lowest BCUT2D eigenvalue weighted by atomic mass is 9.83. The molecule has 9 heteroatoms. The number of benzene rings is 3. The third kappa shape index (κ3) is 4.06. The van der Waals surface area contributed by atoms with E-state index in [0.29, 0.717) is 33.2 Å². The number of nitrogens with zero attached hydrogens (tertiary/aromatic N) is 1. The van der Waals surface area contributed by atoms with Gasteiger partial charge in [-0.15, -0.1) is 0 Å². The molecule has 0 spiro atoms. The number of nitriles is 1. The van der Waals surface area contributed by atoms with Gasteiger partial charge in [0.25, 0.3) is 0 Å². The van der Waals surface area contributed by atoms with Crippen LogP contribution >= 0.6 is 27.5 Å². The Morgan fingerprint density at radius 2 is 1.94 bits per heavy atom. The molecule has 0 aliphatic carbocycles. The first-order valence-electron chi connectivity index (χ1n) is 10.8. The molecule has 1 aliphatic rings. The Hall–Kier alpha value is -3.93. The van der Waals surface area contributed by atoms with Crippen LogP contribution in [0, 0.1) is 18.3 Å². The summed E-state index contributed by atoms with van der Waals surface area (Å²) >= 11 is 9.56. The van der Waals surface area contributed by atoms with E-state index in [4.69, 9.17) is 36.0 Å².